The maximum absolute atomic E-state index is 10.8. The van der Waals surface area contributed by atoms with Crippen LogP contribution in [0.4, 0.5) is 5.95 Å². The maximum Gasteiger partial charge on any atom is 0.305 e. The number of ether oxygens (including phenoxy) is 1. The third-order valence-corrected chi connectivity index (χ3v) is 1.78. The van der Waals surface area contributed by atoms with Crippen molar-refractivity contribution >= 4 is 11.9 Å². The number of nitrogens with two attached hydrogens (primary N) is 1. The van der Waals surface area contributed by atoms with E-state index in [0.29, 0.717) is 18.8 Å². The second-order valence-corrected chi connectivity index (χ2v) is 2.78. The first-order chi connectivity index (χ1) is 6.13. The van der Waals surface area contributed by atoms with Crippen LogP contribution in [0.1, 0.15) is 12.1 Å². The smallest absolute Gasteiger partial charge is 0.305 e. The molecule has 0 aliphatic carbocycles. The van der Waals surface area contributed by atoms with E-state index in [2.05, 4.69) is 9.72 Å². The minimum absolute atomic E-state index is 0.232. The van der Waals surface area contributed by atoms with E-state index in [-0.39, 0.29) is 5.97 Å². The Morgan fingerprint density at radius 3 is 2.92 bits per heavy atom. The van der Waals surface area contributed by atoms with E-state index < -0.39 is 0 Å². The molecular weight excluding hydrogens is 170 g/mol. The predicted octanol–water partition coefficient (Wildman–Crippen LogP) is 0.108. The van der Waals surface area contributed by atoms with Crippen LogP contribution in [0.25, 0.3) is 0 Å². The fourth-order valence-corrected chi connectivity index (χ4v) is 0.997. The van der Waals surface area contributed by atoms with E-state index >= 15 is 0 Å². The molecule has 5 nitrogen and oxygen atoms in total. The van der Waals surface area contributed by atoms with Crippen LogP contribution < -0.4 is 5.73 Å². The summed E-state index contributed by atoms with van der Waals surface area (Å²) in [7, 11) is 3.18. The van der Waals surface area contributed by atoms with E-state index in [4.69, 9.17) is 5.73 Å². The molecule has 0 aromatic carbocycles. The van der Waals surface area contributed by atoms with Gasteiger partial charge in [0.05, 0.1) is 19.2 Å². The molecule has 0 atom stereocenters. The van der Waals surface area contributed by atoms with Crippen LogP contribution in [0, 0.1) is 0 Å². The molecule has 0 aliphatic heterocycles. The van der Waals surface area contributed by atoms with Crippen LogP contribution in [0.5, 0.6) is 0 Å². The zero-order chi connectivity index (χ0) is 9.84. The fraction of sp³-hybridized carbons (Fsp3) is 0.500. The highest BCUT2D eigenvalue weighted by Crippen LogP contribution is 2.05. The second kappa shape index (κ2) is 3.93. The molecule has 72 valence electrons. The molecule has 13 heavy (non-hydrogen) atoms. The molecule has 5 heteroatoms. The highest BCUT2D eigenvalue weighted by atomic mass is 16.5. The van der Waals surface area contributed by atoms with Gasteiger partial charge < -0.3 is 15.0 Å². The predicted molar refractivity (Wildman–Crippen MR) is 48.0 cm³/mol. The quantitative estimate of drug-likeness (QED) is 0.675. The normalized spacial score (nSPS) is 10.0. The first kappa shape index (κ1) is 9.57. The summed E-state index contributed by atoms with van der Waals surface area (Å²) >= 11 is 0. The number of hydrogen-bond donors (Lipinski definition) is 1. The first-order valence-corrected chi connectivity index (χ1v) is 3.98. The second-order valence-electron chi connectivity index (χ2n) is 2.78. The SMILES string of the molecule is COC(=O)CCc1cn(C)c(N)n1. The molecule has 1 aromatic rings. The molecule has 0 spiro atoms. The zero-order valence-electron chi connectivity index (χ0n) is 7.78. The summed E-state index contributed by atoms with van der Waals surface area (Å²) in [5.74, 6) is 0.226. The fourth-order valence-electron chi connectivity index (χ4n) is 0.997. The number of carbonyl (C=O) groups is 1. The van der Waals surface area contributed by atoms with Gasteiger partial charge in [-0.1, -0.05) is 0 Å². The van der Waals surface area contributed by atoms with Gasteiger partial charge in [-0.3, -0.25) is 4.79 Å². The summed E-state index contributed by atoms with van der Waals surface area (Å²) in [6.45, 7) is 0. The molecule has 0 aliphatic rings. The highest BCUT2D eigenvalue weighted by Gasteiger charge is 2.05. The lowest BCUT2D eigenvalue weighted by molar-refractivity contribution is -0.140. The Hall–Kier alpha value is -1.52. The largest absolute Gasteiger partial charge is 0.469 e. The van der Waals surface area contributed by atoms with Crippen molar-refractivity contribution in [2.45, 2.75) is 12.8 Å². The average Bonchev–Trinajstić information content (AvgIpc) is 2.42. The molecule has 0 bridgehead atoms. The Balaban J connectivity index is 2.50. The Morgan fingerprint density at radius 2 is 2.46 bits per heavy atom. The van der Waals surface area contributed by atoms with Crippen molar-refractivity contribution < 1.29 is 9.53 Å². The molecule has 0 saturated heterocycles. The number of imidazole rings is 1. The van der Waals surface area contributed by atoms with Gasteiger partial charge in [0.15, 0.2) is 5.95 Å². The van der Waals surface area contributed by atoms with Gasteiger partial charge in [0, 0.05) is 19.7 Å². The summed E-state index contributed by atoms with van der Waals surface area (Å²) < 4.78 is 6.22. The molecule has 1 rings (SSSR count). The number of aromatic nitrogens is 2. The highest BCUT2D eigenvalue weighted by molar-refractivity contribution is 5.69. The molecule has 0 saturated carbocycles. The van der Waals surface area contributed by atoms with Crippen LogP contribution in [0.3, 0.4) is 0 Å². The lowest BCUT2D eigenvalue weighted by Crippen LogP contribution is -2.02. The lowest BCUT2D eigenvalue weighted by Gasteiger charge is -1.95. The van der Waals surface area contributed by atoms with E-state index in [1.165, 1.54) is 7.11 Å². The van der Waals surface area contributed by atoms with Crippen molar-refractivity contribution in [3.05, 3.63) is 11.9 Å². The molecule has 1 heterocycles. The Kier molecular flexibility index (Phi) is 2.89. The number of esters is 1. The van der Waals surface area contributed by atoms with Gasteiger partial charge in [0.25, 0.3) is 0 Å². The van der Waals surface area contributed by atoms with E-state index in [0.717, 1.165) is 5.69 Å². The number of methoxy groups -OCH3 is 1. The molecule has 2 N–H and O–H groups in total. The number of carbonyl (C=O) groups excluding carboxylic acids is 1. The molecule has 1 aromatic heterocycles. The van der Waals surface area contributed by atoms with Crippen LogP contribution in [0.15, 0.2) is 6.20 Å². The number of anilines is 1. The van der Waals surface area contributed by atoms with Gasteiger partial charge in [0.1, 0.15) is 0 Å². The summed E-state index contributed by atoms with van der Waals surface area (Å²) in [6.07, 6.45) is 2.71. The Bertz CT molecular complexity index is 287. The van der Waals surface area contributed by atoms with Crippen LogP contribution in [0.2, 0.25) is 0 Å². The first-order valence-electron chi connectivity index (χ1n) is 3.98. The van der Waals surface area contributed by atoms with E-state index in [1.807, 2.05) is 7.05 Å². The number of nitrogens with zero attached hydrogens (tertiary/aromatic N) is 2. The number of nitrogen functional groups attached to an aromatic ring is 1. The summed E-state index contributed by atoms with van der Waals surface area (Å²) in [4.78, 5) is 14.8. The van der Waals surface area contributed by atoms with Crippen molar-refractivity contribution in [3.8, 4) is 0 Å². The van der Waals surface area contributed by atoms with Crippen molar-refractivity contribution in [2.75, 3.05) is 12.8 Å². The maximum atomic E-state index is 10.8. The van der Waals surface area contributed by atoms with Crippen molar-refractivity contribution in [2.24, 2.45) is 7.05 Å². The minimum atomic E-state index is -0.232. The van der Waals surface area contributed by atoms with Gasteiger partial charge in [-0.05, 0) is 0 Å². The molecule has 0 radical (unpaired) electrons. The molecule has 0 unspecified atom stereocenters. The lowest BCUT2D eigenvalue weighted by atomic mass is 10.2. The molecule has 0 fully saturated rings. The van der Waals surface area contributed by atoms with Crippen molar-refractivity contribution in [1.82, 2.24) is 9.55 Å². The molecule has 0 amide bonds. The van der Waals surface area contributed by atoms with Crippen molar-refractivity contribution in [3.63, 3.8) is 0 Å². The zero-order valence-corrected chi connectivity index (χ0v) is 7.78. The van der Waals surface area contributed by atoms with Gasteiger partial charge in [0.2, 0.25) is 0 Å². The van der Waals surface area contributed by atoms with Gasteiger partial charge in [-0.2, -0.15) is 0 Å². The number of rotatable bonds is 3. The third kappa shape index (κ3) is 2.47. The van der Waals surface area contributed by atoms with E-state index in [1.54, 1.807) is 10.8 Å². The van der Waals surface area contributed by atoms with E-state index in [9.17, 15) is 4.79 Å². The molecular formula is C8H13N3O2. The van der Waals surface area contributed by atoms with Gasteiger partial charge in [-0.25, -0.2) is 4.98 Å². The van der Waals surface area contributed by atoms with Crippen LogP contribution in [-0.2, 0) is 23.0 Å². The number of hydrogen-bond acceptors (Lipinski definition) is 4. The number of aryl methyl sites for hydroxylation is 2. The van der Waals surface area contributed by atoms with Crippen LogP contribution in [-0.4, -0.2) is 22.6 Å². The summed E-state index contributed by atoms with van der Waals surface area (Å²) in [5.41, 5.74) is 6.33. The topological polar surface area (TPSA) is 70.1 Å². The summed E-state index contributed by atoms with van der Waals surface area (Å²) in [5, 5.41) is 0. The Labute approximate surface area is 76.5 Å². The third-order valence-electron chi connectivity index (χ3n) is 1.78. The average molecular weight is 183 g/mol. The minimum Gasteiger partial charge on any atom is -0.469 e. The Morgan fingerprint density at radius 1 is 1.77 bits per heavy atom. The van der Waals surface area contributed by atoms with Gasteiger partial charge in [-0.15, -0.1) is 0 Å². The van der Waals surface area contributed by atoms with Crippen LogP contribution >= 0.6 is 0 Å². The summed E-state index contributed by atoms with van der Waals surface area (Å²) in [6, 6.07) is 0. The van der Waals surface area contributed by atoms with Gasteiger partial charge >= 0.3 is 5.97 Å². The monoisotopic (exact) mass is 183 g/mol. The standard InChI is InChI=1S/C8H13N3O2/c1-11-5-6(10-8(11)9)3-4-7(12)13-2/h5H,3-4H2,1-2H3,(H2,9,10). The van der Waals surface area contributed by atoms with Crippen molar-refractivity contribution in [1.29, 1.82) is 0 Å².